The van der Waals surface area contributed by atoms with Crippen LogP contribution in [-0.4, -0.2) is 47.0 Å². The Labute approximate surface area is 181 Å². The number of hydrogen-bond acceptors (Lipinski definition) is 4. The fourth-order valence-corrected chi connectivity index (χ4v) is 4.26. The Morgan fingerprint density at radius 3 is 2.33 bits per heavy atom. The Morgan fingerprint density at radius 2 is 1.63 bits per heavy atom. The predicted octanol–water partition coefficient (Wildman–Crippen LogP) is 3.55. The Kier molecular flexibility index (Phi) is 6.16. The van der Waals surface area contributed by atoms with Crippen LogP contribution in [0.5, 0.6) is 5.75 Å². The molecule has 0 amide bonds. The zero-order valence-corrected chi connectivity index (χ0v) is 18.2. The van der Waals surface area contributed by atoms with E-state index in [0.717, 1.165) is 49.0 Å². The second kappa shape index (κ2) is 8.98. The molecule has 4 rings (SSSR count). The number of rotatable bonds is 6. The molecule has 158 valence electrons. The van der Waals surface area contributed by atoms with Crippen LogP contribution in [0, 0.1) is 0 Å². The van der Waals surface area contributed by atoms with Gasteiger partial charge in [0.25, 0.3) is 5.56 Å². The quantitative estimate of drug-likeness (QED) is 0.604. The maximum Gasteiger partial charge on any atom is 0.290 e. The highest BCUT2D eigenvalue weighted by molar-refractivity contribution is 6.31. The fraction of sp³-hybridized carbons (Fsp3) is 0.348. The molecule has 7 heteroatoms. The number of piperazine rings is 1. The monoisotopic (exact) mass is 426 g/mol. The highest BCUT2D eigenvalue weighted by atomic mass is 35.5. The highest BCUT2D eigenvalue weighted by Gasteiger charge is 2.23. The van der Waals surface area contributed by atoms with Crippen molar-refractivity contribution in [3.05, 3.63) is 75.7 Å². The fourth-order valence-electron chi connectivity index (χ4n) is 4.00. The van der Waals surface area contributed by atoms with Gasteiger partial charge in [-0.1, -0.05) is 41.9 Å². The van der Waals surface area contributed by atoms with Crippen LogP contribution < -0.4 is 15.2 Å². The van der Waals surface area contributed by atoms with Gasteiger partial charge in [-0.25, -0.2) is 4.68 Å². The van der Waals surface area contributed by atoms with Gasteiger partial charge in [-0.3, -0.25) is 14.4 Å². The number of benzene rings is 2. The van der Waals surface area contributed by atoms with E-state index in [9.17, 15) is 4.79 Å². The standard InChI is InChI=1S/C23H27ClN4O2/c1-3-30-21-12-8-7-11-19(21)27-15-13-26(14-16-27)17-20-22(24)23(29)28(25(20)2)18-9-5-4-6-10-18/h4-12H,3,13-17H2,1-2H3. The van der Waals surface area contributed by atoms with Crippen LogP contribution in [0.1, 0.15) is 12.6 Å². The van der Waals surface area contributed by atoms with Crippen molar-refractivity contribution in [2.75, 3.05) is 37.7 Å². The molecule has 0 unspecified atom stereocenters. The molecule has 1 aliphatic heterocycles. The summed E-state index contributed by atoms with van der Waals surface area (Å²) in [5, 5.41) is 0.297. The minimum Gasteiger partial charge on any atom is -0.492 e. The normalized spacial score (nSPS) is 14.8. The topological polar surface area (TPSA) is 42.6 Å². The summed E-state index contributed by atoms with van der Waals surface area (Å²) in [6, 6.07) is 17.8. The van der Waals surface area contributed by atoms with E-state index in [1.165, 1.54) is 0 Å². The van der Waals surface area contributed by atoms with Crippen molar-refractivity contribution in [1.82, 2.24) is 14.3 Å². The van der Waals surface area contributed by atoms with Gasteiger partial charge in [0, 0.05) is 39.8 Å². The summed E-state index contributed by atoms with van der Waals surface area (Å²) in [5.74, 6) is 0.929. The lowest BCUT2D eigenvalue weighted by atomic mass is 10.2. The number of hydrogen-bond donors (Lipinski definition) is 0. The van der Waals surface area contributed by atoms with Gasteiger partial charge in [-0.05, 0) is 31.2 Å². The average molecular weight is 427 g/mol. The van der Waals surface area contributed by atoms with Gasteiger partial charge in [-0.2, -0.15) is 0 Å². The number of para-hydroxylation sites is 3. The van der Waals surface area contributed by atoms with Crippen LogP contribution in [0.15, 0.2) is 59.4 Å². The van der Waals surface area contributed by atoms with Crippen molar-refractivity contribution >= 4 is 17.3 Å². The molecule has 0 N–H and O–H groups in total. The number of aromatic nitrogens is 2. The van der Waals surface area contributed by atoms with Crippen LogP contribution in [0.3, 0.4) is 0 Å². The minimum atomic E-state index is -0.176. The summed E-state index contributed by atoms with van der Waals surface area (Å²) in [6.45, 7) is 6.88. The molecule has 30 heavy (non-hydrogen) atoms. The Morgan fingerprint density at radius 1 is 0.967 bits per heavy atom. The summed E-state index contributed by atoms with van der Waals surface area (Å²) in [5.41, 5.74) is 2.62. The van der Waals surface area contributed by atoms with Gasteiger partial charge in [0.15, 0.2) is 0 Å². The van der Waals surface area contributed by atoms with E-state index in [1.54, 1.807) is 4.68 Å². The summed E-state index contributed by atoms with van der Waals surface area (Å²) >= 11 is 6.46. The van der Waals surface area contributed by atoms with E-state index < -0.39 is 0 Å². The zero-order chi connectivity index (χ0) is 21.1. The van der Waals surface area contributed by atoms with Crippen molar-refractivity contribution in [3.8, 4) is 11.4 Å². The number of nitrogens with zero attached hydrogens (tertiary/aromatic N) is 4. The minimum absolute atomic E-state index is 0.176. The number of anilines is 1. The molecule has 0 bridgehead atoms. The number of halogens is 1. The van der Waals surface area contributed by atoms with E-state index in [2.05, 4.69) is 15.9 Å². The molecule has 0 atom stereocenters. The SMILES string of the molecule is CCOc1ccccc1N1CCN(Cc2c(Cl)c(=O)n(-c3ccccc3)n2C)CC1. The van der Waals surface area contributed by atoms with E-state index in [4.69, 9.17) is 16.3 Å². The third kappa shape index (κ3) is 3.98. The molecule has 0 radical (unpaired) electrons. The van der Waals surface area contributed by atoms with Crippen molar-refractivity contribution in [1.29, 1.82) is 0 Å². The van der Waals surface area contributed by atoms with Crippen molar-refractivity contribution in [2.45, 2.75) is 13.5 Å². The molecule has 1 aromatic heterocycles. The molecule has 2 aromatic carbocycles. The lowest BCUT2D eigenvalue weighted by Gasteiger charge is -2.36. The van der Waals surface area contributed by atoms with Crippen LogP contribution in [0.25, 0.3) is 5.69 Å². The van der Waals surface area contributed by atoms with E-state index in [0.29, 0.717) is 18.2 Å². The molecule has 1 fully saturated rings. The van der Waals surface area contributed by atoms with Gasteiger partial charge >= 0.3 is 0 Å². The van der Waals surface area contributed by atoms with E-state index >= 15 is 0 Å². The Bertz CT molecular complexity index is 1050. The van der Waals surface area contributed by atoms with Crippen LogP contribution >= 0.6 is 11.6 Å². The third-order valence-electron chi connectivity index (χ3n) is 5.58. The Balaban J connectivity index is 1.48. The first kappa shape index (κ1) is 20.6. The summed E-state index contributed by atoms with van der Waals surface area (Å²) in [7, 11) is 1.89. The zero-order valence-electron chi connectivity index (χ0n) is 17.4. The predicted molar refractivity (Wildman–Crippen MR) is 121 cm³/mol. The van der Waals surface area contributed by atoms with Gasteiger partial charge in [0.1, 0.15) is 10.8 Å². The second-order valence-corrected chi connectivity index (χ2v) is 7.78. The summed E-state index contributed by atoms with van der Waals surface area (Å²) < 4.78 is 9.29. The molecule has 6 nitrogen and oxygen atoms in total. The highest BCUT2D eigenvalue weighted by Crippen LogP contribution is 2.29. The van der Waals surface area contributed by atoms with E-state index in [-0.39, 0.29) is 5.56 Å². The maximum atomic E-state index is 12.8. The maximum absolute atomic E-state index is 12.8. The molecule has 2 heterocycles. The van der Waals surface area contributed by atoms with Crippen LogP contribution in [-0.2, 0) is 13.6 Å². The molecule has 0 aliphatic carbocycles. The summed E-state index contributed by atoms with van der Waals surface area (Å²) in [4.78, 5) is 17.5. The molecular formula is C23H27ClN4O2. The Hall–Kier alpha value is -2.70. The van der Waals surface area contributed by atoms with Gasteiger partial charge < -0.3 is 9.64 Å². The average Bonchev–Trinajstić information content (AvgIpc) is 2.99. The van der Waals surface area contributed by atoms with E-state index in [1.807, 2.05) is 67.2 Å². The second-order valence-electron chi connectivity index (χ2n) is 7.40. The van der Waals surface area contributed by atoms with Gasteiger partial charge in [0.05, 0.1) is 23.7 Å². The van der Waals surface area contributed by atoms with Crippen LogP contribution in [0.4, 0.5) is 5.69 Å². The van der Waals surface area contributed by atoms with Gasteiger partial charge in [0.2, 0.25) is 0 Å². The lowest BCUT2D eigenvalue weighted by Crippen LogP contribution is -2.46. The number of ether oxygens (including phenoxy) is 1. The van der Waals surface area contributed by atoms with Crippen molar-refractivity contribution < 1.29 is 4.74 Å². The smallest absolute Gasteiger partial charge is 0.290 e. The molecule has 1 saturated heterocycles. The molecule has 3 aromatic rings. The summed E-state index contributed by atoms with van der Waals surface area (Å²) in [6.07, 6.45) is 0. The molecule has 1 aliphatic rings. The molecule has 0 saturated carbocycles. The van der Waals surface area contributed by atoms with Gasteiger partial charge in [-0.15, -0.1) is 0 Å². The molecule has 0 spiro atoms. The lowest BCUT2D eigenvalue weighted by molar-refractivity contribution is 0.242. The molecular weight excluding hydrogens is 400 g/mol. The third-order valence-corrected chi connectivity index (χ3v) is 5.96. The largest absolute Gasteiger partial charge is 0.492 e. The van der Waals surface area contributed by atoms with Crippen LogP contribution in [0.2, 0.25) is 5.02 Å². The van der Waals surface area contributed by atoms with Crippen molar-refractivity contribution in [2.24, 2.45) is 7.05 Å². The van der Waals surface area contributed by atoms with Crippen molar-refractivity contribution in [3.63, 3.8) is 0 Å². The first-order valence-corrected chi connectivity index (χ1v) is 10.7. The first-order chi connectivity index (χ1) is 14.6. The first-order valence-electron chi connectivity index (χ1n) is 10.3.